The third-order valence-corrected chi connectivity index (χ3v) is 6.24. The molecule has 0 aliphatic carbocycles. The molecular weight excluding hydrogens is 392 g/mol. The fourth-order valence-corrected chi connectivity index (χ4v) is 4.37. The highest BCUT2D eigenvalue weighted by Gasteiger charge is 2.22. The summed E-state index contributed by atoms with van der Waals surface area (Å²) in [6.07, 6.45) is 6.62. The Morgan fingerprint density at radius 3 is 2.76 bits per heavy atom. The smallest absolute Gasteiger partial charge is 0.238 e. The fraction of sp³-hybridized carbons (Fsp3) is 0.381. The number of aromatic nitrogens is 2. The fourth-order valence-electron chi connectivity index (χ4n) is 3.72. The van der Waals surface area contributed by atoms with Gasteiger partial charge in [0.15, 0.2) is 9.84 Å². The van der Waals surface area contributed by atoms with Gasteiger partial charge in [-0.3, -0.25) is 0 Å². The van der Waals surface area contributed by atoms with E-state index >= 15 is 0 Å². The van der Waals surface area contributed by atoms with E-state index in [0.29, 0.717) is 18.2 Å². The summed E-state index contributed by atoms with van der Waals surface area (Å²) in [6, 6.07) is 6.90. The lowest BCUT2D eigenvalue weighted by Crippen LogP contribution is -2.28. The van der Waals surface area contributed by atoms with Crippen molar-refractivity contribution < 1.29 is 22.6 Å². The molecule has 2 aromatic heterocycles. The zero-order valence-electron chi connectivity index (χ0n) is 16.7. The molecule has 0 N–H and O–H groups in total. The summed E-state index contributed by atoms with van der Waals surface area (Å²) in [5, 5.41) is 0.912. The summed E-state index contributed by atoms with van der Waals surface area (Å²) in [7, 11) is 0.122. The van der Waals surface area contributed by atoms with E-state index in [0.717, 1.165) is 41.5 Å². The number of nitrogens with zero attached hydrogens (tertiary/aromatic N) is 2. The van der Waals surface area contributed by atoms with Gasteiger partial charge in [-0.2, -0.15) is 0 Å². The van der Waals surface area contributed by atoms with Gasteiger partial charge in [-0.1, -0.05) is 0 Å². The molecule has 1 unspecified atom stereocenters. The minimum Gasteiger partial charge on any atom is -0.487 e. The first-order chi connectivity index (χ1) is 13.9. The summed E-state index contributed by atoms with van der Waals surface area (Å²) >= 11 is 0. The molecule has 0 amide bonds. The molecule has 4 rings (SSSR count). The van der Waals surface area contributed by atoms with Crippen molar-refractivity contribution >= 4 is 20.7 Å². The van der Waals surface area contributed by atoms with Crippen molar-refractivity contribution in [3.05, 3.63) is 36.7 Å². The summed E-state index contributed by atoms with van der Waals surface area (Å²) in [4.78, 5) is 4.53. The van der Waals surface area contributed by atoms with Crippen LogP contribution in [0.3, 0.4) is 0 Å². The van der Waals surface area contributed by atoms with Gasteiger partial charge in [-0.25, -0.2) is 13.4 Å². The molecule has 1 atom stereocenters. The van der Waals surface area contributed by atoms with E-state index in [9.17, 15) is 8.42 Å². The largest absolute Gasteiger partial charge is 0.487 e. The molecule has 3 aromatic rings. The number of rotatable bonds is 5. The Bertz CT molecular complexity index is 1150. The molecule has 0 radical (unpaired) electrons. The van der Waals surface area contributed by atoms with E-state index in [2.05, 4.69) is 4.98 Å². The first kappa shape index (κ1) is 19.7. The molecule has 1 aliphatic heterocycles. The quantitative estimate of drug-likeness (QED) is 0.635. The molecule has 3 heterocycles. The normalized spacial score (nSPS) is 17.4. The number of methoxy groups -OCH3 is 1. The van der Waals surface area contributed by atoms with Gasteiger partial charge in [0, 0.05) is 48.8 Å². The molecule has 8 heteroatoms. The van der Waals surface area contributed by atoms with Crippen molar-refractivity contribution in [1.82, 2.24) is 9.55 Å². The molecule has 1 fully saturated rings. The second-order valence-electron chi connectivity index (χ2n) is 7.26. The average Bonchev–Trinajstić information content (AvgIpc) is 3.05. The average molecular weight is 416 g/mol. The zero-order chi connectivity index (χ0) is 20.6. The lowest BCUT2D eigenvalue weighted by molar-refractivity contribution is 0.00766. The molecule has 0 saturated carbocycles. The predicted molar refractivity (Wildman–Crippen MR) is 110 cm³/mol. The van der Waals surface area contributed by atoms with E-state index in [1.165, 1.54) is 6.26 Å². The van der Waals surface area contributed by atoms with Crippen molar-refractivity contribution in [2.24, 2.45) is 7.05 Å². The maximum Gasteiger partial charge on any atom is 0.238 e. The van der Waals surface area contributed by atoms with Gasteiger partial charge in [0.1, 0.15) is 17.4 Å². The van der Waals surface area contributed by atoms with Crippen LogP contribution in [0.4, 0.5) is 0 Å². The maximum atomic E-state index is 12.2. The van der Waals surface area contributed by atoms with Gasteiger partial charge in [-0.15, -0.1) is 0 Å². The third-order valence-electron chi connectivity index (χ3n) is 5.13. The Morgan fingerprint density at radius 1 is 1.24 bits per heavy atom. The summed E-state index contributed by atoms with van der Waals surface area (Å²) in [5.74, 6) is 1.15. The van der Waals surface area contributed by atoms with Gasteiger partial charge in [0.25, 0.3) is 0 Å². The molecule has 29 heavy (non-hydrogen) atoms. The van der Waals surface area contributed by atoms with Gasteiger partial charge in [-0.05, 0) is 37.1 Å². The number of benzene rings is 1. The van der Waals surface area contributed by atoms with Crippen molar-refractivity contribution in [2.75, 3.05) is 26.6 Å². The number of ether oxygens (including phenoxy) is 3. The Balaban J connectivity index is 1.90. The summed E-state index contributed by atoms with van der Waals surface area (Å²) in [5.41, 5.74) is 2.42. The maximum absolute atomic E-state index is 12.2. The minimum absolute atomic E-state index is 0.0576. The van der Waals surface area contributed by atoms with Crippen molar-refractivity contribution in [3.8, 4) is 22.8 Å². The van der Waals surface area contributed by atoms with E-state index in [1.54, 1.807) is 31.5 Å². The predicted octanol–water partition coefficient (Wildman–Crippen LogP) is 3.21. The van der Waals surface area contributed by atoms with Crippen molar-refractivity contribution in [3.63, 3.8) is 0 Å². The van der Waals surface area contributed by atoms with Crippen LogP contribution in [0.2, 0.25) is 0 Å². The molecule has 0 spiro atoms. The number of aryl methyl sites for hydroxylation is 1. The van der Waals surface area contributed by atoms with Gasteiger partial charge >= 0.3 is 0 Å². The highest BCUT2D eigenvalue weighted by Crippen LogP contribution is 2.40. The highest BCUT2D eigenvalue weighted by molar-refractivity contribution is 7.90. The summed E-state index contributed by atoms with van der Waals surface area (Å²) < 4.78 is 43.5. The Hall–Kier alpha value is -2.58. The molecule has 1 saturated heterocycles. The number of hydrogen-bond acceptors (Lipinski definition) is 6. The number of pyridine rings is 1. The number of fused-ring (bicyclic) bond motifs is 1. The number of hydrogen-bond donors (Lipinski definition) is 0. The van der Waals surface area contributed by atoms with Crippen LogP contribution in [0, 0.1) is 0 Å². The van der Waals surface area contributed by atoms with Crippen LogP contribution in [0.15, 0.2) is 41.6 Å². The van der Waals surface area contributed by atoms with Crippen LogP contribution in [0.25, 0.3) is 22.0 Å². The van der Waals surface area contributed by atoms with E-state index in [4.69, 9.17) is 14.2 Å². The van der Waals surface area contributed by atoms with Crippen LogP contribution in [-0.2, 0) is 21.6 Å². The van der Waals surface area contributed by atoms with Crippen LogP contribution in [0.5, 0.6) is 11.6 Å². The topological polar surface area (TPSA) is 79.7 Å². The monoisotopic (exact) mass is 416 g/mol. The Morgan fingerprint density at radius 2 is 2.07 bits per heavy atom. The van der Waals surface area contributed by atoms with Gasteiger partial charge < -0.3 is 18.8 Å². The van der Waals surface area contributed by atoms with Crippen LogP contribution < -0.4 is 9.47 Å². The van der Waals surface area contributed by atoms with Crippen LogP contribution >= 0.6 is 0 Å². The molecular formula is C21H24N2O5S. The molecule has 1 aliphatic rings. The van der Waals surface area contributed by atoms with Crippen molar-refractivity contribution in [2.45, 2.75) is 23.8 Å². The van der Waals surface area contributed by atoms with Gasteiger partial charge in [0.05, 0.1) is 18.6 Å². The molecule has 154 valence electrons. The Labute approximate surface area is 170 Å². The second-order valence-corrected chi connectivity index (χ2v) is 9.27. The van der Waals surface area contributed by atoms with Crippen LogP contribution in [-0.4, -0.2) is 50.7 Å². The first-order valence-electron chi connectivity index (χ1n) is 9.45. The third kappa shape index (κ3) is 3.82. The van der Waals surface area contributed by atoms with E-state index < -0.39 is 9.84 Å². The Kier molecular flexibility index (Phi) is 5.23. The van der Waals surface area contributed by atoms with E-state index in [-0.39, 0.29) is 11.0 Å². The first-order valence-corrected chi connectivity index (χ1v) is 11.3. The second kappa shape index (κ2) is 7.68. The molecule has 7 nitrogen and oxygen atoms in total. The highest BCUT2D eigenvalue weighted by atomic mass is 32.2. The molecule has 1 aromatic carbocycles. The van der Waals surface area contributed by atoms with Gasteiger partial charge in [0.2, 0.25) is 5.88 Å². The summed E-state index contributed by atoms with van der Waals surface area (Å²) in [6.45, 7) is 1.27. The lowest BCUT2D eigenvalue weighted by Gasteiger charge is -2.24. The number of sulfone groups is 1. The van der Waals surface area contributed by atoms with Crippen molar-refractivity contribution in [1.29, 1.82) is 0 Å². The standard InChI is InChI=1S/C21H24N2O5S/c1-23-12-18(16-8-9-22-21(26-2)20(16)23)17-11-15(29(3,24)25)6-7-19(17)28-14-5-4-10-27-13-14/h6-9,11-12,14H,4-5,10,13H2,1-3H3. The lowest BCUT2D eigenvalue weighted by atomic mass is 10.0. The van der Waals surface area contributed by atoms with Crippen LogP contribution in [0.1, 0.15) is 12.8 Å². The van der Waals surface area contributed by atoms with E-state index in [1.807, 2.05) is 23.9 Å². The zero-order valence-corrected chi connectivity index (χ0v) is 17.5. The molecule has 0 bridgehead atoms. The SMILES string of the molecule is COc1nccc2c(-c3cc(S(C)(=O)=O)ccc3OC3CCCOC3)cn(C)c12. The minimum atomic E-state index is -3.37.